The first kappa shape index (κ1) is 18.3. The lowest BCUT2D eigenvalue weighted by Crippen LogP contribution is -2.69. The van der Waals surface area contributed by atoms with E-state index in [1.165, 1.54) is 0 Å². The van der Waals surface area contributed by atoms with Crippen LogP contribution in [0.2, 0.25) is 0 Å². The zero-order valence-corrected chi connectivity index (χ0v) is 15.9. The summed E-state index contributed by atoms with van der Waals surface area (Å²) >= 11 is 0. The molecule has 0 heterocycles. The Kier molecular flexibility index (Phi) is 3.84. The lowest BCUT2D eigenvalue weighted by atomic mass is 9.42. The highest BCUT2D eigenvalue weighted by atomic mass is 19.1. The van der Waals surface area contributed by atoms with Gasteiger partial charge in [0, 0.05) is 36.5 Å². The maximum atomic E-state index is 15.3. The van der Waals surface area contributed by atoms with E-state index in [1.807, 2.05) is 13.8 Å². The fourth-order valence-electron chi connectivity index (χ4n) is 7.51. The van der Waals surface area contributed by atoms with Crippen molar-refractivity contribution in [2.75, 3.05) is 0 Å². The third-order valence-corrected chi connectivity index (χ3v) is 8.81. The largest absolute Gasteiger partial charge is 0.386 e. The molecule has 0 radical (unpaired) electrons. The van der Waals surface area contributed by atoms with E-state index in [1.54, 1.807) is 6.92 Å². The summed E-state index contributed by atoms with van der Waals surface area (Å²) in [7, 11) is 0. The van der Waals surface area contributed by atoms with E-state index < -0.39 is 23.1 Å². The maximum Gasteiger partial charge on any atom is 0.137 e. The molecule has 4 nitrogen and oxygen atoms in total. The van der Waals surface area contributed by atoms with Gasteiger partial charge in [-0.1, -0.05) is 13.8 Å². The van der Waals surface area contributed by atoms with Crippen LogP contribution in [0, 0.1) is 34.5 Å². The summed E-state index contributed by atoms with van der Waals surface area (Å²) in [6.07, 6.45) is 1.07. The van der Waals surface area contributed by atoms with Crippen molar-refractivity contribution in [2.45, 2.75) is 77.5 Å². The molecule has 4 aliphatic rings. The fourth-order valence-corrected chi connectivity index (χ4v) is 7.51. The quantitative estimate of drug-likeness (QED) is 0.776. The van der Waals surface area contributed by atoms with Crippen LogP contribution in [0.15, 0.2) is 0 Å². The minimum atomic E-state index is -1.73. The first-order valence-electron chi connectivity index (χ1n) is 9.96. The summed E-state index contributed by atoms with van der Waals surface area (Å²) in [6.45, 7) is 5.45. The van der Waals surface area contributed by atoms with Gasteiger partial charge in [0.15, 0.2) is 0 Å². The van der Waals surface area contributed by atoms with Gasteiger partial charge in [-0.3, -0.25) is 14.4 Å². The molecule has 8 atom stereocenters. The number of halogens is 1. The molecule has 26 heavy (non-hydrogen) atoms. The summed E-state index contributed by atoms with van der Waals surface area (Å²) in [5, 5.41) is 11.2. The average molecular weight is 364 g/mol. The molecular formula is C21H29FO4. The number of alkyl halides is 1. The van der Waals surface area contributed by atoms with Crippen molar-refractivity contribution < 1.29 is 23.9 Å². The van der Waals surface area contributed by atoms with Gasteiger partial charge in [-0.05, 0) is 49.9 Å². The highest BCUT2D eigenvalue weighted by Gasteiger charge is 2.70. The van der Waals surface area contributed by atoms with E-state index in [2.05, 4.69) is 0 Å². The molecule has 0 aromatic carbocycles. The SMILES string of the molecule is CC(=O)[C@H]1CC[C@H]2[C@@H]3C[C@@H](F)[C@@]4(O)CC(=O)CC[C@]4(C)[C@H]3C(=O)C[C@]12C. The molecular weight excluding hydrogens is 335 g/mol. The Morgan fingerprint density at radius 1 is 1.19 bits per heavy atom. The van der Waals surface area contributed by atoms with E-state index in [0.29, 0.717) is 19.3 Å². The van der Waals surface area contributed by atoms with Crippen LogP contribution in [0.1, 0.15) is 65.7 Å². The maximum absolute atomic E-state index is 15.3. The van der Waals surface area contributed by atoms with E-state index >= 15 is 4.39 Å². The van der Waals surface area contributed by atoms with Gasteiger partial charge in [-0.15, -0.1) is 0 Å². The van der Waals surface area contributed by atoms with Crippen LogP contribution in [-0.2, 0) is 14.4 Å². The highest BCUT2D eigenvalue weighted by Crippen LogP contribution is 2.67. The molecule has 4 saturated carbocycles. The fraction of sp³-hybridized carbons (Fsp3) is 0.857. The van der Waals surface area contributed by atoms with Crippen molar-refractivity contribution in [2.24, 2.45) is 34.5 Å². The molecule has 0 spiro atoms. The summed E-state index contributed by atoms with van der Waals surface area (Å²) in [5.74, 6) is -0.468. The van der Waals surface area contributed by atoms with Crippen molar-refractivity contribution >= 4 is 17.3 Å². The monoisotopic (exact) mass is 364 g/mol. The van der Waals surface area contributed by atoms with Gasteiger partial charge in [0.1, 0.15) is 29.1 Å². The minimum absolute atomic E-state index is 0.0593. The van der Waals surface area contributed by atoms with E-state index in [0.717, 1.165) is 12.8 Å². The van der Waals surface area contributed by atoms with Crippen LogP contribution in [-0.4, -0.2) is 34.2 Å². The number of aliphatic hydroxyl groups is 1. The lowest BCUT2D eigenvalue weighted by Gasteiger charge is -2.62. The molecule has 4 fully saturated rings. The highest BCUT2D eigenvalue weighted by molar-refractivity contribution is 5.88. The number of carbonyl (C=O) groups is 3. The summed E-state index contributed by atoms with van der Waals surface area (Å²) < 4.78 is 15.3. The first-order valence-corrected chi connectivity index (χ1v) is 9.96. The number of carbonyl (C=O) groups excluding carboxylic acids is 3. The predicted molar refractivity (Wildman–Crippen MR) is 93.0 cm³/mol. The normalized spacial score (nSPS) is 53.7. The smallest absolute Gasteiger partial charge is 0.137 e. The number of hydrogen-bond donors (Lipinski definition) is 1. The summed E-state index contributed by atoms with van der Waals surface area (Å²) in [5.41, 5.74) is -3.01. The molecule has 0 aromatic heterocycles. The summed E-state index contributed by atoms with van der Waals surface area (Å²) in [4.78, 5) is 37.4. The Labute approximate surface area is 153 Å². The second-order valence-electron chi connectivity index (χ2n) is 9.90. The Morgan fingerprint density at radius 3 is 2.54 bits per heavy atom. The van der Waals surface area contributed by atoms with E-state index in [4.69, 9.17) is 0 Å². The molecule has 5 heteroatoms. The Morgan fingerprint density at radius 2 is 1.88 bits per heavy atom. The Bertz CT molecular complexity index is 689. The van der Waals surface area contributed by atoms with E-state index in [-0.39, 0.29) is 53.4 Å². The van der Waals surface area contributed by atoms with Gasteiger partial charge in [-0.2, -0.15) is 0 Å². The van der Waals surface area contributed by atoms with Crippen molar-refractivity contribution in [3.8, 4) is 0 Å². The zero-order chi connectivity index (χ0) is 19.1. The molecule has 0 saturated heterocycles. The molecule has 0 aliphatic heterocycles. The van der Waals surface area contributed by atoms with Gasteiger partial charge in [-0.25, -0.2) is 4.39 Å². The minimum Gasteiger partial charge on any atom is -0.386 e. The van der Waals surface area contributed by atoms with Gasteiger partial charge >= 0.3 is 0 Å². The van der Waals surface area contributed by atoms with E-state index in [9.17, 15) is 19.5 Å². The molecule has 0 bridgehead atoms. The zero-order valence-electron chi connectivity index (χ0n) is 15.9. The van der Waals surface area contributed by atoms with Crippen LogP contribution in [0.25, 0.3) is 0 Å². The van der Waals surface area contributed by atoms with Crippen molar-refractivity contribution in [3.63, 3.8) is 0 Å². The van der Waals surface area contributed by atoms with Crippen molar-refractivity contribution in [3.05, 3.63) is 0 Å². The number of hydrogen-bond acceptors (Lipinski definition) is 4. The van der Waals surface area contributed by atoms with Gasteiger partial charge < -0.3 is 5.11 Å². The molecule has 144 valence electrons. The Balaban J connectivity index is 1.77. The first-order chi connectivity index (χ1) is 12.0. The predicted octanol–water partition coefficient (Wildman–Crippen LogP) is 3.05. The second kappa shape index (κ2) is 5.46. The van der Waals surface area contributed by atoms with Gasteiger partial charge in [0.2, 0.25) is 0 Å². The van der Waals surface area contributed by atoms with Crippen LogP contribution in [0.4, 0.5) is 4.39 Å². The van der Waals surface area contributed by atoms with Crippen LogP contribution < -0.4 is 0 Å². The standard InChI is InChI=1S/C21H29FO4/c1-11(23)14-4-5-15-13-8-17(22)21(26)9-12(24)6-7-20(21,3)18(13)16(25)10-19(14,15)2/h13-15,17-18,26H,4-10H2,1-3H3/t13-,14+,15-,17+,18+,19+,20+,21-/m0/s1. The average Bonchev–Trinajstić information content (AvgIpc) is 2.87. The third kappa shape index (κ3) is 2.07. The molecule has 4 aliphatic carbocycles. The van der Waals surface area contributed by atoms with Crippen molar-refractivity contribution in [1.29, 1.82) is 0 Å². The molecule has 0 unspecified atom stereocenters. The van der Waals surface area contributed by atoms with Crippen LogP contribution in [0.5, 0.6) is 0 Å². The van der Waals surface area contributed by atoms with Crippen molar-refractivity contribution in [1.82, 2.24) is 0 Å². The number of ketones is 3. The number of Topliss-reactive ketones (excluding diaryl/α,β-unsaturated/α-hetero) is 3. The lowest BCUT2D eigenvalue weighted by molar-refractivity contribution is -0.227. The van der Waals surface area contributed by atoms with Crippen LogP contribution in [0.3, 0.4) is 0 Å². The molecule has 4 rings (SSSR count). The van der Waals surface area contributed by atoms with Crippen LogP contribution >= 0.6 is 0 Å². The number of fused-ring (bicyclic) bond motifs is 5. The molecule has 0 amide bonds. The molecule has 1 N–H and O–H groups in total. The number of rotatable bonds is 1. The Hall–Kier alpha value is -1.10. The molecule has 0 aromatic rings. The third-order valence-electron chi connectivity index (χ3n) is 8.81. The topological polar surface area (TPSA) is 71.4 Å². The van der Waals surface area contributed by atoms with Gasteiger partial charge in [0.25, 0.3) is 0 Å². The van der Waals surface area contributed by atoms with Gasteiger partial charge in [0.05, 0.1) is 0 Å². The second-order valence-corrected chi connectivity index (χ2v) is 9.90. The summed E-state index contributed by atoms with van der Waals surface area (Å²) in [6, 6.07) is 0.